The van der Waals surface area contributed by atoms with Crippen LogP contribution in [0.25, 0.3) is 0 Å². The minimum absolute atomic E-state index is 0.0600. The first-order valence-electron chi connectivity index (χ1n) is 8.90. The number of nitrogens with zero attached hydrogens (tertiary/aromatic N) is 2. The Morgan fingerprint density at radius 2 is 1.90 bits per heavy atom. The molecule has 0 aliphatic rings. The summed E-state index contributed by atoms with van der Waals surface area (Å²) in [6, 6.07) is 15.5. The number of thioether (sulfide) groups is 1. The van der Waals surface area contributed by atoms with Crippen molar-refractivity contribution in [2.75, 3.05) is 11.6 Å². The van der Waals surface area contributed by atoms with Crippen LogP contribution in [-0.4, -0.2) is 28.0 Å². The van der Waals surface area contributed by atoms with Crippen molar-refractivity contribution < 1.29 is 19.2 Å². The molecule has 1 atom stereocenters. The smallest absolute Gasteiger partial charge is 0.342 e. The number of amides is 1. The van der Waals surface area contributed by atoms with Crippen molar-refractivity contribution in [2.24, 2.45) is 0 Å². The predicted molar refractivity (Wildman–Crippen MR) is 117 cm³/mol. The molecular formula is C21H16ClN3O5S. The molecule has 1 aromatic heterocycles. The molecule has 0 aliphatic heterocycles. The molecule has 0 saturated carbocycles. The van der Waals surface area contributed by atoms with Crippen LogP contribution in [0.15, 0.2) is 71.9 Å². The number of nitro groups is 1. The third-order valence-corrected chi connectivity index (χ3v) is 5.19. The second-order valence-corrected chi connectivity index (χ2v) is 7.37. The lowest BCUT2D eigenvalue weighted by Crippen LogP contribution is -2.26. The summed E-state index contributed by atoms with van der Waals surface area (Å²) in [6.45, 7) is 0. The first kappa shape index (κ1) is 22.3. The summed E-state index contributed by atoms with van der Waals surface area (Å²) in [5, 5.41) is 14.1. The second-order valence-electron chi connectivity index (χ2n) is 6.17. The number of nitrogens with one attached hydrogen (secondary N) is 1. The number of aromatic nitrogens is 1. The summed E-state index contributed by atoms with van der Waals surface area (Å²) in [5.41, 5.74) is 0.453. The summed E-state index contributed by atoms with van der Waals surface area (Å²) < 4.78 is 5.54. The van der Waals surface area contributed by atoms with Gasteiger partial charge in [-0.25, -0.2) is 9.78 Å². The number of pyridine rings is 1. The van der Waals surface area contributed by atoms with Gasteiger partial charge in [-0.05, 0) is 30.5 Å². The van der Waals surface area contributed by atoms with Crippen LogP contribution < -0.4 is 5.32 Å². The fourth-order valence-corrected chi connectivity index (χ4v) is 3.44. The van der Waals surface area contributed by atoms with E-state index >= 15 is 0 Å². The number of hydrogen-bond acceptors (Lipinski definition) is 7. The van der Waals surface area contributed by atoms with Gasteiger partial charge in [0.1, 0.15) is 10.0 Å². The number of halogens is 1. The molecule has 0 spiro atoms. The van der Waals surface area contributed by atoms with Crippen LogP contribution in [-0.2, 0) is 9.53 Å². The number of ether oxygens (including phenoxy) is 1. The van der Waals surface area contributed by atoms with Crippen molar-refractivity contribution in [2.45, 2.75) is 11.1 Å². The Labute approximate surface area is 186 Å². The predicted octanol–water partition coefficient (Wildman–Crippen LogP) is 4.90. The molecule has 1 heterocycles. The van der Waals surface area contributed by atoms with E-state index in [1.165, 1.54) is 23.9 Å². The fourth-order valence-electron chi connectivity index (χ4n) is 2.72. The van der Waals surface area contributed by atoms with Gasteiger partial charge in [-0.3, -0.25) is 14.9 Å². The molecule has 1 N–H and O–H groups in total. The molecule has 0 unspecified atom stereocenters. The number of carbonyl (C=O) groups excluding carboxylic acids is 2. The minimum atomic E-state index is -1.29. The first-order chi connectivity index (χ1) is 14.9. The maximum absolute atomic E-state index is 13.0. The highest BCUT2D eigenvalue weighted by molar-refractivity contribution is 7.98. The number of anilines is 1. The van der Waals surface area contributed by atoms with Gasteiger partial charge < -0.3 is 10.1 Å². The number of rotatable bonds is 7. The van der Waals surface area contributed by atoms with Gasteiger partial charge in [0, 0.05) is 23.5 Å². The van der Waals surface area contributed by atoms with Gasteiger partial charge in [0.25, 0.3) is 11.6 Å². The van der Waals surface area contributed by atoms with Gasteiger partial charge in [0.05, 0.1) is 10.5 Å². The SMILES string of the molecule is CSc1ncccc1C(=O)O[C@@H](C(=O)Nc1ccc(Cl)c([N+](=O)[O-])c1)c1ccccc1. The largest absolute Gasteiger partial charge is 0.444 e. The standard InChI is InChI=1S/C21H16ClN3O5S/c1-31-20-15(8-5-11-23-20)21(27)30-18(13-6-3-2-4-7-13)19(26)24-14-9-10-16(22)17(12-14)25(28)29/h2-12,18H,1H3,(H,24,26)/t18-/m1/s1. The zero-order chi connectivity index (χ0) is 22.4. The fraction of sp³-hybridized carbons (Fsp3) is 0.0952. The second kappa shape index (κ2) is 10.1. The highest BCUT2D eigenvalue weighted by Crippen LogP contribution is 2.29. The molecule has 0 fully saturated rings. The number of benzene rings is 2. The van der Waals surface area contributed by atoms with Crippen molar-refractivity contribution in [1.82, 2.24) is 4.98 Å². The van der Waals surface area contributed by atoms with Gasteiger partial charge >= 0.3 is 5.97 Å². The molecule has 3 aromatic rings. The summed E-state index contributed by atoms with van der Waals surface area (Å²) in [5.74, 6) is -1.39. The first-order valence-corrected chi connectivity index (χ1v) is 10.5. The average molecular weight is 458 g/mol. The van der Waals surface area contributed by atoms with Gasteiger partial charge in [-0.15, -0.1) is 11.8 Å². The lowest BCUT2D eigenvalue weighted by molar-refractivity contribution is -0.384. The van der Waals surface area contributed by atoms with Crippen LogP contribution >= 0.6 is 23.4 Å². The van der Waals surface area contributed by atoms with Crippen LogP contribution in [0.3, 0.4) is 0 Å². The van der Waals surface area contributed by atoms with Gasteiger partial charge in [-0.1, -0.05) is 41.9 Å². The normalized spacial score (nSPS) is 11.4. The zero-order valence-corrected chi connectivity index (χ0v) is 17.7. The number of carbonyl (C=O) groups is 2. The number of esters is 1. The Kier molecular flexibility index (Phi) is 7.22. The van der Waals surface area contributed by atoms with E-state index in [2.05, 4.69) is 10.3 Å². The van der Waals surface area contributed by atoms with E-state index in [1.807, 2.05) is 0 Å². The number of hydrogen-bond donors (Lipinski definition) is 1. The molecular weight excluding hydrogens is 442 g/mol. The van der Waals surface area contributed by atoms with Crippen molar-refractivity contribution in [3.05, 3.63) is 93.1 Å². The molecule has 0 saturated heterocycles. The molecule has 0 aliphatic carbocycles. The van der Waals surface area contributed by atoms with Crippen molar-refractivity contribution in [1.29, 1.82) is 0 Å². The zero-order valence-electron chi connectivity index (χ0n) is 16.2. The Hall–Kier alpha value is -3.43. The van der Waals surface area contributed by atoms with E-state index in [9.17, 15) is 19.7 Å². The average Bonchev–Trinajstić information content (AvgIpc) is 2.78. The van der Waals surface area contributed by atoms with E-state index in [-0.39, 0.29) is 22.0 Å². The minimum Gasteiger partial charge on any atom is -0.444 e. The van der Waals surface area contributed by atoms with Crippen molar-refractivity contribution in [3.63, 3.8) is 0 Å². The summed E-state index contributed by atoms with van der Waals surface area (Å²) in [7, 11) is 0. The highest BCUT2D eigenvalue weighted by Gasteiger charge is 2.27. The van der Waals surface area contributed by atoms with Crippen LogP contribution in [0.4, 0.5) is 11.4 Å². The summed E-state index contributed by atoms with van der Waals surface area (Å²) in [6.07, 6.45) is 2.03. The molecule has 3 rings (SSSR count). The molecule has 1 amide bonds. The van der Waals surface area contributed by atoms with E-state index in [4.69, 9.17) is 16.3 Å². The van der Waals surface area contributed by atoms with E-state index in [0.717, 1.165) is 6.07 Å². The van der Waals surface area contributed by atoms with Crippen LogP contribution in [0, 0.1) is 10.1 Å². The van der Waals surface area contributed by atoms with Crippen LogP contribution in [0.1, 0.15) is 22.0 Å². The number of nitro benzene ring substituents is 1. The van der Waals surface area contributed by atoms with Crippen LogP contribution in [0.5, 0.6) is 0 Å². The molecule has 158 valence electrons. The molecule has 2 aromatic carbocycles. The summed E-state index contributed by atoms with van der Waals surface area (Å²) in [4.78, 5) is 40.4. The van der Waals surface area contributed by atoms with Crippen molar-refractivity contribution >= 4 is 46.6 Å². The lowest BCUT2D eigenvalue weighted by Gasteiger charge is -2.18. The molecule has 31 heavy (non-hydrogen) atoms. The summed E-state index contributed by atoms with van der Waals surface area (Å²) >= 11 is 7.09. The Balaban J connectivity index is 1.89. The maximum Gasteiger partial charge on any atom is 0.342 e. The van der Waals surface area contributed by atoms with Crippen molar-refractivity contribution in [3.8, 4) is 0 Å². The van der Waals surface area contributed by atoms with E-state index in [1.54, 1.807) is 54.9 Å². The molecule has 8 nitrogen and oxygen atoms in total. The van der Waals surface area contributed by atoms with Gasteiger partial charge in [0.15, 0.2) is 0 Å². The Morgan fingerprint density at radius 3 is 2.58 bits per heavy atom. The van der Waals surface area contributed by atoms with E-state index in [0.29, 0.717) is 10.6 Å². The highest BCUT2D eigenvalue weighted by atomic mass is 35.5. The topological polar surface area (TPSA) is 111 Å². The van der Waals surface area contributed by atoms with Crippen LogP contribution in [0.2, 0.25) is 5.02 Å². The third-order valence-electron chi connectivity index (χ3n) is 4.16. The quantitative estimate of drug-likeness (QED) is 0.232. The Morgan fingerprint density at radius 1 is 1.16 bits per heavy atom. The maximum atomic E-state index is 13.0. The molecule has 0 radical (unpaired) electrons. The molecule has 10 heteroatoms. The molecule has 0 bridgehead atoms. The monoisotopic (exact) mass is 457 g/mol. The van der Waals surface area contributed by atoms with Gasteiger partial charge in [0.2, 0.25) is 6.10 Å². The Bertz CT molecular complexity index is 1130. The van der Waals surface area contributed by atoms with E-state index < -0.39 is 22.9 Å². The lowest BCUT2D eigenvalue weighted by atomic mass is 10.1. The van der Waals surface area contributed by atoms with Gasteiger partial charge in [-0.2, -0.15) is 0 Å². The third kappa shape index (κ3) is 5.39.